The van der Waals surface area contributed by atoms with Crippen LogP contribution in [0.5, 0.6) is 0 Å². The van der Waals surface area contributed by atoms with Crippen LogP contribution in [0.15, 0.2) is 42.5 Å². The molecule has 0 aliphatic heterocycles. The van der Waals surface area contributed by atoms with Crippen LogP contribution >= 0.6 is 34.8 Å². The van der Waals surface area contributed by atoms with Crippen molar-refractivity contribution in [3.05, 3.63) is 62.7 Å². The molecule has 2 rings (SSSR count). The summed E-state index contributed by atoms with van der Waals surface area (Å²) in [4.78, 5) is 12.1. The Morgan fingerprint density at radius 2 is 1.76 bits per heavy atom. The molecule has 0 fully saturated rings. The summed E-state index contributed by atoms with van der Waals surface area (Å²) in [6, 6.07) is 13.4. The van der Waals surface area contributed by atoms with Gasteiger partial charge in [-0.15, -0.1) is 0 Å². The van der Waals surface area contributed by atoms with Crippen LogP contribution in [-0.4, -0.2) is 11.0 Å². The summed E-state index contributed by atoms with van der Waals surface area (Å²) in [5.41, 5.74) is 3.70. The van der Waals surface area contributed by atoms with Crippen LogP contribution in [-0.2, 0) is 0 Å². The van der Waals surface area contributed by atoms with Gasteiger partial charge in [0.1, 0.15) is 0 Å². The largest absolute Gasteiger partial charge is 0.332 e. The lowest BCUT2D eigenvalue weighted by molar-refractivity contribution is 0.0977. The van der Waals surface area contributed by atoms with Crippen molar-refractivity contribution >= 4 is 51.5 Å². The van der Waals surface area contributed by atoms with E-state index in [-0.39, 0.29) is 5.91 Å². The second-order valence-electron chi connectivity index (χ2n) is 4.73. The number of anilines is 1. The van der Waals surface area contributed by atoms with Crippen molar-refractivity contribution in [3.8, 4) is 0 Å². The molecule has 0 atom stereocenters. The van der Waals surface area contributed by atoms with Crippen molar-refractivity contribution in [2.75, 3.05) is 5.32 Å². The van der Waals surface area contributed by atoms with Crippen LogP contribution in [0.3, 0.4) is 0 Å². The number of carbonyl (C=O) groups is 1. The smallest absolute Gasteiger partial charge is 0.257 e. The average Bonchev–Trinajstić information content (AvgIpc) is 2.43. The third-order valence-corrected chi connectivity index (χ3v) is 3.90. The summed E-state index contributed by atoms with van der Waals surface area (Å²) < 4.78 is 1.08. The van der Waals surface area contributed by atoms with E-state index in [9.17, 15) is 4.79 Å². The van der Waals surface area contributed by atoms with Gasteiger partial charge in [-0.3, -0.25) is 10.1 Å². The number of nitrogens with one attached hydrogen (secondary N) is 2. The molecule has 1 amide bonds. The second-order valence-corrected chi connectivity index (χ2v) is 6.39. The highest BCUT2D eigenvalue weighted by Gasteiger charge is 2.08. The molecule has 0 spiro atoms. The summed E-state index contributed by atoms with van der Waals surface area (Å²) in [5, 5.41) is 6.05. The van der Waals surface area contributed by atoms with E-state index >= 15 is 0 Å². The molecule has 0 saturated heterocycles. The summed E-state index contributed by atoms with van der Waals surface area (Å²) in [7, 11) is 0. The molecule has 2 aromatic carbocycles. The first-order valence-corrected chi connectivity index (χ1v) is 7.89. The molecular formula is C16H15IN2OS. The van der Waals surface area contributed by atoms with Gasteiger partial charge in [0.25, 0.3) is 5.91 Å². The van der Waals surface area contributed by atoms with Crippen LogP contribution < -0.4 is 10.6 Å². The van der Waals surface area contributed by atoms with Crippen LogP contribution in [0.4, 0.5) is 5.69 Å². The van der Waals surface area contributed by atoms with Crippen molar-refractivity contribution in [3.63, 3.8) is 0 Å². The number of halogens is 1. The number of benzene rings is 2. The lowest BCUT2D eigenvalue weighted by Gasteiger charge is -2.12. The summed E-state index contributed by atoms with van der Waals surface area (Å²) in [5.74, 6) is -0.214. The maximum absolute atomic E-state index is 12.1. The van der Waals surface area contributed by atoms with Crippen molar-refractivity contribution in [1.29, 1.82) is 0 Å². The summed E-state index contributed by atoms with van der Waals surface area (Å²) in [6.07, 6.45) is 0. The van der Waals surface area contributed by atoms with Crippen molar-refractivity contribution in [2.45, 2.75) is 13.8 Å². The molecule has 0 heterocycles. The standard InChI is InChI=1S/C16H15IN2OS/c1-10-3-4-11(2)14(9-10)18-16(21)19-15(20)12-5-7-13(17)8-6-12/h3-9H,1-2H3,(H2,18,19,20,21). The van der Waals surface area contributed by atoms with Gasteiger partial charge in [0, 0.05) is 14.8 Å². The van der Waals surface area contributed by atoms with Gasteiger partial charge in [-0.1, -0.05) is 12.1 Å². The van der Waals surface area contributed by atoms with E-state index in [0.717, 1.165) is 20.4 Å². The van der Waals surface area contributed by atoms with Crippen LogP contribution in [0.2, 0.25) is 0 Å². The normalized spacial score (nSPS) is 10.0. The fourth-order valence-corrected chi connectivity index (χ4v) is 2.36. The maximum atomic E-state index is 12.1. The molecule has 2 aromatic rings. The molecule has 0 unspecified atom stereocenters. The molecule has 0 aromatic heterocycles. The highest BCUT2D eigenvalue weighted by Crippen LogP contribution is 2.16. The fourth-order valence-electron chi connectivity index (χ4n) is 1.80. The average molecular weight is 410 g/mol. The predicted molar refractivity (Wildman–Crippen MR) is 98.8 cm³/mol. The van der Waals surface area contributed by atoms with E-state index in [2.05, 4.69) is 33.2 Å². The molecule has 108 valence electrons. The Kier molecular flexibility index (Phi) is 5.30. The van der Waals surface area contributed by atoms with Gasteiger partial charge in [-0.25, -0.2) is 0 Å². The molecule has 5 heteroatoms. The number of rotatable bonds is 2. The number of aryl methyl sites for hydroxylation is 2. The number of hydrogen-bond donors (Lipinski definition) is 2. The topological polar surface area (TPSA) is 41.1 Å². The SMILES string of the molecule is Cc1ccc(C)c(NC(=S)NC(=O)c2ccc(I)cc2)c1. The number of amides is 1. The van der Waals surface area contributed by atoms with E-state index in [4.69, 9.17) is 12.2 Å². The minimum atomic E-state index is -0.214. The van der Waals surface area contributed by atoms with E-state index in [0.29, 0.717) is 10.7 Å². The van der Waals surface area contributed by atoms with E-state index in [1.165, 1.54) is 0 Å². The molecule has 21 heavy (non-hydrogen) atoms. The molecule has 3 nitrogen and oxygen atoms in total. The maximum Gasteiger partial charge on any atom is 0.257 e. The summed E-state index contributed by atoms with van der Waals surface area (Å²) >= 11 is 7.39. The Morgan fingerprint density at radius 3 is 2.43 bits per heavy atom. The molecular weight excluding hydrogens is 395 g/mol. The van der Waals surface area contributed by atoms with Gasteiger partial charge in [-0.2, -0.15) is 0 Å². The molecule has 0 aliphatic rings. The lowest BCUT2D eigenvalue weighted by Crippen LogP contribution is -2.34. The third kappa shape index (κ3) is 4.50. The zero-order valence-corrected chi connectivity index (χ0v) is 14.7. The highest BCUT2D eigenvalue weighted by atomic mass is 127. The van der Waals surface area contributed by atoms with Gasteiger partial charge in [0.2, 0.25) is 0 Å². The number of thiocarbonyl (C=S) groups is 1. The zero-order valence-electron chi connectivity index (χ0n) is 11.7. The Morgan fingerprint density at radius 1 is 1.10 bits per heavy atom. The van der Waals surface area contributed by atoms with Crippen LogP contribution in [0, 0.1) is 17.4 Å². The number of hydrogen-bond acceptors (Lipinski definition) is 2. The lowest BCUT2D eigenvalue weighted by atomic mass is 10.1. The first kappa shape index (κ1) is 15.9. The summed E-state index contributed by atoms with van der Waals surface area (Å²) in [6.45, 7) is 4.00. The van der Waals surface area contributed by atoms with Gasteiger partial charge in [0.05, 0.1) is 0 Å². The number of carbonyl (C=O) groups excluding carboxylic acids is 1. The van der Waals surface area contributed by atoms with E-state index in [1.54, 1.807) is 12.1 Å². The Bertz CT molecular complexity index is 683. The highest BCUT2D eigenvalue weighted by molar-refractivity contribution is 14.1. The quantitative estimate of drug-likeness (QED) is 0.580. The monoisotopic (exact) mass is 410 g/mol. The van der Waals surface area contributed by atoms with Gasteiger partial charge >= 0.3 is 0 Å². The van der Waals surface area contributed by atoms with Crippen molar-refractivity contribution < 1.29 is 4.79 Å². The molecule has 0 bridgehead atoms. The van der Waals surface area contributed by atoms with Crippen LogP contribution in [0.25, 0.3) is 0 Å². The van der Waals surface area contributed by atoms with E-state index < -0.39 is 0 Å². The predicted octanol–water partition coefficient (Wildman–Crippen LogP) is 4.03. The molecule has 0 aliphatic carbocycles. The Balaban J connectivity index is 2.03. The first-order valence-electron chi connectivity index (χ1n) is 6.41. The minimum absolute atomic E-state index is 0.214. The molecule has 2 N–H and O–H groups in total. The van der Waals surface area contributed by atoms with Crippen molar-refractivity contribution in [2.24, 2.45) is 0 Å². The van der Waals surface area contributed by atoms with Gasteiger partial charge in [-0.05, 0) is 90.1 Å². The Hall–Kier alpha value is -1.47. The van der Waals surface area contributed by atoms with Crippen LogP contribution in [0.1, 0.15) is 21.5 Å². The van der Waals surface area contributed by atoms with Gasteiger partial charge in [0.15, 0.2) is 5.11 Å². The second kappa shape index (κ2) is 7.00. The fraction of sp³-hybridized carbons (Fsp3) is 0.125. The molecule has 0 saturated carbocycles. The third-order valence-electron chi connectivity index (χ3n) is 2.97. The molecule has 0 radical (unpaired) electrons. The zero-order chi connectivity index (χ0) is 15.4. The minimum Gasteiger partial charge on any atom is -0.332 e. The van der Waals surface area contributed by atoms with Gasteiger partial charge < -0.3 is 5.32 Å². The van der Waals surface area contributed by atoms with Crippen molar-refractivity contribution in [1.82, 2.24) is 5.32 Å². The first-order chi connectivity index (χ1) is 9.95. The Labute approximate surface area is 143 Å². The van der Waals surface area contributed by atoms with E-state index in [1.807, 2.05) is 44.2 Å².